The third-order valence-electron chi connectivity index (χ3n) is 4.45. The summed E-state index contributed by atoms with van der Waals surface area (Å²) in [5.74, 6) is 1.18. The average molecular weight is 386 g/mol. The van der Waals surface area contributed by atoms with Crippen LogP contribution >= 0.6 is 0 Å². The maximum atomic E-state index is 13.0. The second kappa shape index (κ2) is 10.9. The molecule has 0 unspecified atom stereocenters. The van der Waals surface area contributed by atoms with E-state index in [1.54, 1.807) is 6.07 Å². The average Bonchev–Trinajstić information content (AvgIpc) is 2.78. The van der Waals surface area contributed by atoms with Gasteiger partial charge in [0.05, 0.1) is 12.2 Å². The minimum absolute atomic E-state index is 0.0623. The molecule has 0 spiro atoms. The molecule has 0 saturated heterocycles. The number of carbonyl (C=O) groups is 1. The minimum atomic E-state index is -0.0623. The second-order valence-electron chi connectivity index (χ2n) is 6.68. The van der Waals surface area contributed by atoms with Crippen molar-refractivity contribution >= 4 is 11.9 Å². The van der Waals surface area contributed by atoms with Crippen LogP contribution in [0.3, 0.4) is 0 Å². The number of ether oxygens (including phenoxy) is 2. The summed E-state index contributed by atoms with van der Waals surface area (Å²) in [7, 11) is 0. The van der Waals surface area contributed by atoms with Crippen LogP contribution < -0.4 is 9.47 Å². The summed E-state index contributed by atoms with van der Waals surface area (Å²) in [6.45, 7) is 3.14. The number of rotatable bonds is 10. The zero-order chi connectivity index (χ0) is 20.3. The third kappa shape index (κ3) is 6.08. The summed E-state index contributed by atoms with van der Waals surface area (Å²) in [6, 6.07) is 24.7. The lowest BCUT2D eigenvalue weighted by Gasteiger charge is -2.13. The smallest absolute Gasteiger partial charge is 0.196 e. The largest absolute Gasteiger partial charge is 0.493 e. The van der Waals surface area contributed by atoms with Crippen LogP contribution in [-0.2, 0) is 0 Å². The number of unbranched alkanes of at least 4 members (excludes halogenated alkanes) is 1. The van der Waals surface area contributed by atoms with Gasteiger partial charge in [-0.05, 0) is 30.2 Å². The lowest BCUT2D eigenvalue weighted by molar-refractivity contribution is 0.103. The summed E-state index contributed by atoms with van der Waals surface area (Å²) in [4.78, 5) is 13.0. The third-order valence-corrected chi connectivity index (χ3v) is 4.45. The van der Waals surface area contributed by atoms with Gasteiger partial charge in [-0.25, -0.2) is 0 Å². The first-order chi connectivity index (χ1) is 14.3. The van der Waals surface area contributed by atoms with Gasteiger partial charge in [0, 0.05) is 11.6 Å². The van der Waals surface area contributed by atoms with Crippen molar-refractivity contribution in [3.05, 3.63) is 102 Å². The highest BCUT2D eigenvalue weighted by molar-refractivity contribution is 6.10. The fourth-order valence-electron chi connectivity index (χ4n) is 2.87. The fraction of sp³-hybridized carbons (Fsp3) is 0.192. The van der Waals surface area contributed by atoms with Crippen molar-refractivity contribution in [3.63, 3.8) is 0 Å². The molecular weight excluding hydrogens is 360 g/mol. The van der Waals surface area contributed by atoms with E-state index in [0.29, 0.717) is 35.8 Å². The molecule has 0 aliphatic heterocycles. The van der Waals surface area contributed by atoms with Gasteiger partial charge >= 0.3 is 0 Å². The molecular formula is C26H26O3. The number of benzene rings is 3. The van der Waals surface area contributed by atoms with Gasteiger partial charge in [0.25, 0.3) is 0 Å². The van der Waals surface area contributed by atoms with E-state index in [0.717, 1.165) is 18.4 Å². The van der Waals surface area contributed by atoms with Crippen molar-refractivity contribution in [3.8, 4) is 11.5 Å². The molecule has 0 bridgehead atoms. The highest BCUT2D eigenvalue weighted by Gasteiger charge is 2.15. The van der Waals surface area contributed by atoms with Crippen LogP contribution in [-0.4, -0.2) is 19.0 Å². The van der Waals surface area contributed by atoms with Crippen molar-refractivity contribution in [2.75, 3.05) is 13.2 Å². The number of carbonyl (C=O) groups excluding carboxylic acids is 1. The molecule has 3 aromatic carbocycles. The van der Waals surface area contributed by atoms with Gasteiger partial charge in [-0.1, -0.05) is 80.1 Å². The van der Waals surface area contributed by atoms with Crippen molar-refractivity contribution in [1.29, 1.82) is 0 Å². The van der Waals surface area contributed by atoms with Crippen molar-refractivity contribution in [2.45, 2.75) is 19.8 Å². The van der Waals surface area contributed by atoms with Gasteiger partial charge in [0.1, 0.15) is 18.1 Å². The van der Waals surface area contributed by atoms with Gasteiger partial charge in [-0.3, -0.25) is 4.79 Å². The summed E-state index contributed by atoms with van der Waals surface area (Å²) in [6.07, 6.45) is 6.00. The molecule has 0 saturated carbocycles. The lowest BCUT2D eigenvalue weighted by atomic mass is 10.0. The molecule has 148 valence electrons. The monoisotopic (exact) mass is 386 g/mol. The van der Waals surface area contributed by atoms with Crippen LogP contribution in [0.15, 0.2) is 84.9 Å². The number of hydrogen-bond acceptors (Lipinski definition) is 3. The van der Waals surface area contributed by atoms with Gasteiger partial charge in [-0.2, -0.15) is 0 Å². The Hall–Kier alpha value is -3.33. The van der Waals surface area contributed by atoms with E-state index >= 15 is 0 Å². The molecule has 0 atom stereocenters. The van der Waals surface area contributed by atoms with Gasteiger partial charge in [0.2, 0.25) is 0 Å². The minimum Gasteiger partial charge on any atom is -0.493 e. The Kier molecular flexibility index (Phi) is 7.64. The predicted molar refractivity (Wildman–Crippen MR) is 118 cm³/mol. The van der Waals surface area contributed by atoms with E-state index in [-0.39, 0.29) is 5.78 Å². The number of hydrogen-bond donors (Lipinski definition) is 0. The Morgan fingerprint density at radius 2 is 1.62 bits per heavy atom. The molecule has 3 rings (SSSR count). The Morgan fingerprint density at radius 1 is 0.897 bits per heavy atom. The van der Waals surface area contributed by atoms with Gasteiger partial charge < -0.3 is 9.47 Å². The second-order valence-corrected chi connectivity index (χ2v) is 6.68. The zero-order valence-corrected chi connectivity index (χ0v) is 16.7. The van der Waals surface area contributed by atoms with E-state index in [1.165, 1.54) is 0 Å². The van der Waals surface area contributed by atoms with E-state index in [4.69, 9.17) is 9.47 Å². The SMILES string of the molecule is CCCCOc1ccc(C(=O)c2ccccc2)c(OCC=Cc2ccccc2)c1. The first-order valence-electron chi connectivity index (χ1n) is 9.99. The van der Waals surface area contributed by atoms with Crippen molar-refractivity contribution in [1.82, 2.24) is 0 Å². The first-order valence-corrected chi connectivity index (χ1v) is 9.99. The Balaban J connectivity index is 1.77. The molecule has 0 aliphatic carbocycles. The molecule has 3 heteroatoms. The van der Waals surface area contributed by atoms with Crippen LogP contribution in [0, 0.1) is 0 Å². The molecule has 29 heavy (non-hydrogen) atoms. The molecule has 0 aromatic heterocycles. The topological polar surface area (TPSA) is 35.5 Å². The Bertz CT molecular complexity index is 931. The van der Waals surface area contributed by atoms with Crippen LogP contribution in [0.25, 0.3) is 6.08 Å². The summed E-state index contributed by atoms with van der Waals surface area (Å²) >= 11 is 0. The predicted octanol–water partition coefficient (Wildman–Crippen LogP) is 6.19. The quantitative estimate of drug-likeness (QED) is 0.308. The van der Waals surface area contributed by atoms with E-state index in [2.05, 4.69) is 6.92 Å². The Labute approximate surface area is 172 Å². The standard InChI is InChI=1S/C26H26O3/c1-2-3-18-28-23-16-17-24(26(27)22-14-8-5-9-15-22)25(20-23)29-19-10-13-21-11-6-4-7-12-21/h4-17,20H,2-3,18-19H2,1H3. The summed E-state index contributed by atoms with van der Waals surface area (Å²) in [5.41, 5.74) is 2.28. The summed E-state index contributed by atoms with van der Waals surface area (Å²) in [5, 5.41) is 0. The zero-order valence-electron chi connectivity index (χ0n) is 16.7. The summed E-state index contributed by atoms with van der Waals surface area (Å²) < 4.78 is 11.8. The highest BCUT2D eigenvalue weighted by Crippen LogP contribution is 2.27. The normalized spacial score (nSPS) is 10.8. The molecule has 0 fully saturated rings. The Morgan fingerprint density at radius 3 is 2.34 bits per heavy atom. The van der Waals surface area contributed by atoms with Gasteiger partial charge in [0.15, 0.2) is 5.78 Å². The molecule has 0 amide bonds. The molecule has 0 N–H and O–H groups in total. The molecule has 3 nitrogen and oxygen atoms in total. The molecule has 0 heterocycles. The molecule has 3 aromatic rings. The van der Waals surface area contributed by atoms with Crippen LogP contribution in [0.5, 0.6) is 11.5 Å². The highest BCUT2D eigenvalue weighted by atomic mass is 16.5. The van der Waals surface area contributed by atoms with Crippen molar-refractivity contribution < 1.29 is 14.3 Å². The maximum Gasteiger partial charge on any atom is 0.196 e. The lowest BCUT2D eigenvalue weighted by Crippen LogP contribution is -2.06. The first kappa shape index (κ1) is 20.4. The van der Waals surface area contributed by atoms with E-state index in [1.807, 2.05) is 84.9 Å². The van der Waals surface area contributed by atoms with Crippen molar-refractivity contribution in [2.24, 2.45) is 0 Å². The fourth-order valence-corrected chi connectivity index (χ4v) is 2.87. The van der Waals surface area contributed by atoms with Crippen LogP contribution in [0.2, 0.25) is 0 Å². The van der Waals surface area contributed by atoms with E-state index < -0.39 is 0 Å². The number of ketones is 1. The molecule has 0 radical (unpaired) electrons. The van der Waals surface area contributed by atoms with Crippen LogP contribution in [0.4, 0.5) is 0 Å². The van der Waals surface area contributed by atoms with E-state index in [9.17, 15) is 4.79 Å². The maximum absolute atomic E-state index is 13.0. The van der Waals surface area contributed by atoms with Gasteiger partial charge in [-0.15, -0.1) is 0 Å². The van der Waals surface area contributed by atoms with Crippen LogP contribution in [0.1, 0.15) is 41.3 Å². The molecule has 0 aliphatic rings.